The highest BCUT2D eigenvalue weighted by molar-refractivity contribution is 5.72. The van der Waals surface area contributed by atoms with Gasteiger partial charge < -0.3 is 4.74 Å². The van der Waals surface area contributed by atoms with Crippen LogP contribution in [0.15, 0.2) is 12.2 Å². The molecule has 0 radical (unpaired) electrons. The molecule has 0 aliphatic heterocycles. The average Bonchev–Trinajstić information content (AvgIpc) is 2.25. The molecule has 0 aromatic rings. The number of unbranched alkanes of at least 4 members (excludes halogenated alkanes) is 2. The molecule has 80 valence electrons. The third-order valence-corrected chi connectivity index (χ3v) is 2.59. The van der Waals surface area contributed by atoms with E-state index in [1.807, 2.05) is 0 Å². The molecule has 0 spiro atoms. The quantitative estimate of drug-likeness (QED) is 0.384. The zero-order valence-electron chi connectivity index (χ0n) is 9.00. The number of esters is 1. The van der Waals surface area contributed by atoms with Crippen LogP contribution in [-0.4, -0.2) is 12.6 Å². The Morgan fingerprint density at radius 1 is 1.43 bits per heavy atom. The highest BCUT2D eigenvalue weighted by atomic mass is 16.5. The summed E-state index contributed by atoms with van der Waals surface area (Å²) >= 11 is 0. The fraction of sp³-hybridized carbons (Fsp3) is 0.750. The van der Waals surface area contributed by atoms with Gasteiger partial charge in [-0.05, 0) is 25.7 Å². The van der Waals surface area contributed by atoms with E-state index in [9.17, 15) is 4.79 Å². The summed E-state index contributed by atoms with van der Waals surface area (Å²) in [5.41, 5.74) is 0. The average molecular weight is 196 g/mol. The second-order valence-corrected chi connectivity index (χ2v) is 3.86. The van der Waals surface area contributed by atoms with E-state index in [0.717, 1.165) is 32.1 Å². The predicted octanol–water partition coefficient (Wildman–Crippen LogP) is 3.08. The first-order chi connectivity index (χ1) is 6.84. The first-order valence-electron chi connectivity index (χ1n) is 5.66. The van der Waals surface area contributed by atoms with Gasteiger partial charge in [0.15, 0.2) is 0 Å². The van der Waals surface area contributed by atoms with Crippen LogP contribution in [0.25, 0.3) is 0 Å². The Hall–Kier alpha value is -0.790. The van der Waals surface area contributed by atoms with Crippen LogP contribution in [0.3, 0.4) is 0 Å². The summed E-state index contributed by atoms with van der Waals surface area (Å²) in [5.74, 6) is 0.132. The SMILES string of the molecule is CCCCCOC(=O)C1CC=CCC1. The normalized spacial score (nSPS) is 20.8. The second kappa shape index (κ2) is 6.63. The molecule has 1 unspecified atom stereocenters. The van der Waals surface area contributed by atoms with Crippen molar-refractivity contribution in [3.05, 3.63) is 12.2 Å². The minimum absolute atomic E-state index is 0.00505. The van der Waals surface area contributed by atoms with E-state index in [-0.39, 0.29) is 11.9 Å². The van der Waals surface area contributed by atoms with Gasteiger partial charge in [-0.3, -0.25) is 4.79 Å². The molecule has 2 heteroatoms. The standard InChI is InChI=1S/C12H20O2/c1-2-3-7-10-14-12(13)11-8-5-4-6-9-11/h4-5,11H,2-3,6-10H2,1H3. The summed E-state index contributed by atoms with van der Waals surface area (Å²) in [6, 6.07) is 0. The van der Waals surface area contributed by atoms with E-state index < -0.39 is 0 Å². The lowest BCUT2D eigenvalue weighted by Crippen LogP contribution is -2.19. The monoisotopic (exact) mass is 196 g/mol. The Labute approximate surface area is 86.3 Å². The van der Waals surface area contributed by atoms with E-state index >= 15 is 0 Å². The van der Waals surface area contributed by atoms with Crippen molar-refractivity contribution in [2.24, 2.45) is 5.92 Å². The van der Waals surface area contributed by atoms with Gasteiger partial charge in [0.1, 0.15) is 0 Å². The molecule has 1 rings (SSSR count). The van der Waals surface area contributed by atoms with Gasteiger partial charge in [-0.1, -0.05) is 31.9 Å². The van der Waals surface area contributed by atoms with Gasteiger partial charge >= 0.3 is 5.97 Å². The Balaban J connectivity index is 2.11. The number of allylic oxidation sites excluding steroid dienone is 2. The van der Waals surface area contributed by atoms with Crippen molar-refractivity contribution in [3.8, 4) is 0 Å². The molecule has 0 N–H and O–H groups in total. The zero-order valence-corrected chi connectivity index (χ0v) is 9.00. The van der Waals surface area contributed by atoms with Gasteiger partial charge in [-0.15, -0.1) is 0 Å². The van der Waals surface area contributed by atoms with E-state index in [1.165, 1.54) is 6.42 Å². The summed E-state index contributed by atoms with van der Waals surface area (Å²) in [6.45, 7) is 2.75. The van der Waals surface area contributed by atoms with E-state index in [0.29, 0.717) is 6.61 Å². The van der Waals surface area contributed by atoms with Gasteiger partial charge in [0.25, 0.3) is 0 Å². The molecular formula is C12H20O2. The van der Waals surface area contributed by atoms with Crippen molar-refractivity contribution in [3.63, 3.8) is 0 Å². The molecule has 0 fully saturated rings. The maximum Gasteiger partial charge on any atom is 0.309 e. The van der Waals surface area contributed by atoms with Crippen molar-refractivity contribution in [1.82, 2.24) is 0 Å². The largest absolute Gasteiger partial charge is 0.465 e. The Morgan fingerprint density at radius 3 is 2.93 bits per heavy atom. The van der Waals surface area contributed by atoms with E-state index in [2.05, 4.69) is 19.1 Å². The lowest BCUT2D eigenvalue weighted by Gasteiger charge is -2.16. The van der Waals surface area contributed by atoms with Gasteiger partial charge in [0.2, 0.25) is 0 Å². The van der Waals surface area contributed by atoms with Crippen molar-refractivity contribution in [2.45, 2.75) is 45.4 Å². The predicted molar refractivity (Wildman–Crippen MR) is 57.0 cm³/mol. The van der Waals surface area contributed by atoms with Crippen LogP contribution in [-0.2, 0) is 9.53 Å². The van der Waals surface area contributed by atoms with Crippen molar-refractivity contribution in [2.75, 3.05) is 6.61 Å². The Kier molecular flexibility index (Phi) is 5.35. The van der Waals surface area contributed by atoms with Gasteiger partial charge in [-0.2, -0.15) is 0 Å². The number of hydrogen-bond donors (Lipinski definition) is 0. The number of rotatable bonds is 5. The van der Waals surface area contributed by atoms with Crippen LogP contribution < -0.4 is 0 Å². The van der Waals surface area contributed by atoms with Gasteiger partial charge in [-0.25, -0.2) is 0 Å². The van der Waals surface area contributed by atoms with Crippen molar-refractivity contribution >= 4 is 5.97 Å². The zero-order chi connectivity index (χ0) is 10.2. The fourth-order valence-electron chi connectivity index (χ4n) is 1.65. The number of carbonyl (C=O) groups is 1. The van der Waals surface area contributed by atoms with Crippen molar-refractivity contribution in [1.29, 1.82) is 0 Å². The maximum absolute atomic E-state index is 11.5. The van der Waals surface area contributed by atoms with Crippen LogP contribution in [0.1, 0.15) is 45.4 Å². The molecule has 0 amide bonds. The summed E-state index contributed by atoms with van der Waals surface area (Å²) in [4.78, 5) is 11.5. The topological polar surface area (TPSA) is 26.3 Å². The minimum atomic E-state index is 0.00505. The fourth-order valence-corrected chi connectivity index (χ4v) is 1.65. The molecule has 1 atom stereocenters. The van der Waals surface area contributed by atoms with E-state index in [4.69, 9.17) is 4.74 Å². The molecule has 1 aliphatic carbocycles. The molecule has 0 bridgehead atoms. The molecule has 0 heterocycles. The molecule has 14 heavy (non-hydrogen) atoms. The number of ether oxygens (including phenoxy) is 1. The van der Waals surface area contributed by atoms with Crippen molar-refractivity contribution < 1.29 is 9.53 Å². The van der Waals surface area contributed by atoms with Crippen LogP contribution >= 0.6 is 0 Å². The minimum Gasteiger partial charge on any atom is -0.465 e. The highest BCUT2D eigenvalue weighted by Gasteiger charge is 2.19. The molecule has 2 nitrogen and oxygen atoms in total. The van der Waals surface area contributed by atoms with Crippen LogP contribution in [0.5, 0.6) is 0 Å². The van der Waals surface area contributed by atoms with Crippen LogP contribution in [0.4, 0.5) is 0 Å². The third kappa shape index (κ3) is 3.95. The van der Waals surface area contributed by atoms with Gasteiger partial charge in [0, 0.05) is 0 Å². The first-order valence-corrected chi connectivity index (χ1v) is 5.66. The molecule has 0 saturated carbocycles. The third-order valence-electron chi connectivity index (χ3n) is 2.59. The lowest BCUT2D eigenvalue weighted by atomic mass is 9.95. The first kappa shape index (κ1) is 11.3. The molecular weight excluding hydrogens is 176 g/mol. The lowest BCUT2D eigenvalue weighted by molar-refractivity contribution is -0.148. The van der Waals surface area contributed by atoms with Crippen LogP contribution in [0.2, 0.25) is 0 Å². The number of hydrogen-bond acceptors (Lipinski definition) is 2. The second-order valence-electron chi connectivity index (χ2n) is 3.86. The molecule has 0 aromatic heterocycles. The van der Waals surface area contributed by atoms with E-state index in [1.54, 1.807) is 0 Å². The summed E-state index contributed by atoms with van der Waals surface area (Å²) in [5, 5.41) is 0. The molecule has 0 saturated heterocycles. The summed E-state index contributed by atoms with van der Waals surface area (Å²) in [6.07, 6.45) is 10.4. The molecule has 1 aliphatic rings. The summed E-state index contributed by atoms with van der Waals surface area (Å²) < 4.78 is 5.21. The van der Waals surface area contributed by atoms with Crippen LogP contribution in [0, 0.1) is 5.92 Å². The Bertz CT molecular complexity index is 196. The summed E-state index contributed by atoms with van der Waals surface area (Å²) in [7, 11) is 0. The molecule has 0 aromatic carbocycles. The maximum atomic E-state index is 11.5. The smallest absolute Gasteiger partial charge is 0.309 e. The van der Waals surface area contributed by atoms with Gasteiger partial charge in [0.05, 0.1) is 12.5 Å². The number of carbonyl (C=O) groups excluding carboxylic acids is 1. The highest BCUT2D eigenvalue weighted by Crippen LogP contribution is 2.19. The Morgan fingerprint density at radius 2 is 2.29 bits per heavy atom.